The molecule has 86 valence electrons. The van der Waals surface area contributed by atoms with E-state index in [-0.39, 0.29) is 4.99 Å². The number of amides is 1. The maximum Gasteiger partial charge on any atom is 0.284 e. The van der Waals surface area contributed by atoms with E-state index in [4.69, 9.17) is 18.1 Å². The zero-order valence-corrected chi connectivity index (χ0v) is 10.1. The second-order valence-corrected chi connectivity index (χ2v) is 4.12. The smallest absolute Gasteiger partial charge is 0.284 e. The molecule has 0 radical (unpaired) electrons. The van der Waals surface area contributed by atoms with Gasteiger partial charge >= 0.3 is 0 Å². The highest BCUT2D eigenvalue weighted by Crippen LogP contribution is 2.18. The fourth-order valence-corrected chi connectivity index (χ4v) is 1.28. The minimum atomic E-state index is -0.404. The molecule has 16 heavy (non-hydrogen) atoms. The van der Waals surface area contributed by atoms with Crippen molar-refractivity contribution in [3.63, 3.8) is 0 Å². The lowest BCUT2D eigenvalue weighted by atomic mass is 10.0. The summed E-state index contributed by atoms with van der Waals surface area (Å²) in [6.07, 6.45) is 0. The molecule has 0 saturated heterocycles. The molecule has 0 bridgehead atoms. The third-order valence-electron chi connectivity index (χ3n) is 2.15. The first kappa shape index (κ1) is 12.6. The van der Waals surface area contributed by atoms with Crippen LogP contribution in [-0.2, 0) is 4.79 Å². The summed E-state index contributed by atoms with van der Waals surface area (Å²) in [6, 6.07) is 7.63. The molecule has 5 heteroatoms. The van der Waals surface area contributed by atoms with E-state index in [1.165, 1.54) is 0 Å². The molecular weight excluding hydrogens is 222 g/mol. The predicted octanol–water partition coefficient (Wildman–Crippen LogP) is 1.54. The number of hydrogen-bond donors (Lipinski definition) is 3. The zero-order valence-electron chi connectivity index (χ0n) is 9.28. The van der Waals surface area contributed by atoms with Gasteiger partial charge in [0.2, 0.25) is 0 Å². The Labute approximate surface area is 100 Å². The zero-order chi connectivity index (χ0) is 12.1. The molecule has 4 N–H and O–H groups in total. The number of nitrogens with two attached hydrogens (primary N) is 1. The first-order valence-corrected chi connectivity index (χ1v) is 5.37. The molecule has 0 aliphatic heterocycles. The van der Waals surface area contributed by atoms with Crippen molar-refractivity contribution in [2.24, 2.45) is 5.84 Å². The molecule has 1 rings (SSSR count). The standard InChI is InChI=1S/C11H15N3OS/c1-7(2)8-4-3-5-9(6-8)13-10(15)11(16)14-12/h3-7H,12H2,1-2H3,(H,13,15)(H,14,16). The summed E-state index contributed by atoms with van der Waals surface area (Å²) in [6.45, 7) is 4.18. The lowest BCUT2D eigenvalue weighted by molar-refractivity contribution is -0.110. The summed E-state index contributed by atoms with van der Waals surface area (Å²) in [5.41, 5.74) is 4.02. The third-order valence-corrected chi connectivity index (χ3v) is 2.45. The summed E-state index contributed by atoms with van der Waals surface area (Å²) in [5.74, 6) is 5.06. The normalized spacial score (nSPS) is 10.0. The Morgan fingerprint density at radius 1 is 1.44 bits per heavy atom. The van der Waals surface area contributed by atoms with Gasteiger partial charge in [-0.2, -0.15) is 0 Å². The van der Waals surface area contributed by atoms with Crippen LogP contribution in [0.1, 0.15) is 25.3 Å². The summed E-state index contributed by atoms with van der Waals surface area (Å²) in [5, 5.41) is 2.67. The summed E-state index contributed by atoms with van der Waals surface area (Å²) < 4.78 is 0. The number of hydrogen-bond acceptors (Lipinski definition) is 3. The molecule has 0 unspecified atom stereocenters. The SMILES string of the molecule is CC(C)c1cccc(NC(=O)C(=S)NN)c1. The van der Waals surface area contributed by atoms with Gasteiger partial charge in [-0.25, -0.2) is 5.84 Å². The van der Waals surface area contributed by atoms with Crippen LogP contribution < -0.4 is 16.6 Å². The number of carbonyl (C=O) groups excluding carboxylic acids is 1. The maximum atomic E-state index is 11.4. The van der Waals surface area contributed by atoms with Crippen LogP contribution in [0.3, 0.4) is 0 Å². The number of anilines is 1. The minimum absolute atomic E-state index is 0.0325. The van der Waals surface area contributed by atoms with Gasteiger partial charge in [-0.3, -0.25) is 4.79 Å². The molecule has 0 fully saturated rings. The Bertz CT molecular complexity index is 404. The first-order chi connectivity index (χ1) is 7.54. The van der Waals surface area contributed by atoms with Crippen molar-refractivity contribution < 1.29 is 4.79 Å². The molecule has 0 aliphatic carbocycles. The van der Waals surface area contributed by atoms with Crippen molar-refractivity contribution in [3.8, 4) is 0 Å². The van der Waals surface area contributed by atoms with Crippen molar-refractivity contribution in [1.82, 2.24) is 5.43 Å². The third kappa shape index (κ3) is 3.29. The van der Waals surface area contributed by atoms with Crippen molar-refractivity contribution in [3.05, 3.63) is 29.8 Å². The summed E-state index contributed by atoms with van der Waals surface area (Å²) >= 11 is 4.71. The fraction of sp³-hybridized carbons (Fsp3) is 0.273. The van der Waals surface area contributed by atoms with Crippen LogP contribution in [0.2, 0.25) is 0 Å². The summed E-state index contributed by atoms with van der Waals surface area (Å²) in [7, 11) is 0. The molecule has 1 aromatic carbocycles. The van der Waals surface area contributed by atoms with E-state index in [2.05, 4.69) is 24.6 Å². The Kier molecular flexibility index (Phi) is 4.39. The maximum absolute atomic E-state index is 11.4. The number of benzene rings is 1. The number of nitrogens with one attached hydrogen (secondary N) is 2. The molecule has 0 aliphatic rings. The summed E-state index contributed by atoms with van der Waals surface area (Å²) in [4.78, 5) is 11.4. The van der Waals surface area contributed by atoms with E-state index in [0.29, 0.717) is 11.6 Å². The van der Waals surface area contributed by atoms with Crippen molar-refractivity contribution in [2.45, 2.75) is 19.8 Å². The van der Waals surface area contributed by atoms with Crippen LogP contribution in [0.15, 0.2) is 24.3 Å². The van der Waals surface area contributed by atoms with Gasteiger partial charge < -0.3 is 10.7 Å². The highest BCUT2D eigenvalue weighted by atomic mass is 32.1. The Morgan fingerprint density at radius 3 is 2.69 bits per heavy atom. The molecule has 1 amide bonds. The monoisotopic (exact) mass is 237 g/mol. The van der Waals surface area contributed by atoms with Crippen molar-refractivity contribution in [2.75, 3.05) is 5.32 Å². The Morgan fingerprint density at radius 2 is 2.12 bits per heavy atom. The first-order valence-electron chi connectivity index (χ1n) is 4.96. The van der Waals surface area contributed by atoms with Crippen LogP contribution in [0.4, 0.5) is 5.69 Å². The molecule has 0 saturated carbocycles. The average Bonchev–Trinajstić information content (AvgIpc) is 2.28. The average molecular weight is 237 g/mol. The van der Waals surface area contributed by atoms with Crippen LogP contribution >= 0.6 is 12.2 Å². The molecule has 0 spiro atoms. The van der Waals surface area contributed by atoms with E-state index in [0.717, 1.165) is 5.56 Å². The number of carbonyl (C=O) groups is 1. The van der Waals surface area contributed by atoms with Crippen molar-refractivity contribution >= 4 is 28.8 Å². The van der Waals surface area contributed by atoms with Gasteiger partial charge in [0.1, 0.15) is 0 Å². The van der Waals surface area contributed by atoms with Gasteiger partial charge in [-0.15, -0.1) is 0 Å². The molecular formula is C11H15N3OS. The van der Waals surface area contributed by atoms with Crippen molar-refractivity contribution in [1.29, 1.82) is 0 Å². The van der Waals surface area contributed by atoms with E-state index in [9.17, 15) is 4.79 Å². The molecule has 1 aromatic rings. The number of rotatable bonds is 2. The second-order valence-electron chi connectivity index (χ2n) is 3.71. The second kappa shape index (κ2) is 5.58. The van der Waals surface area contributed by atoms with Gasteiger partial charge in [0, 0.05) is 5.69 Å². The van der Waals surface area contributed by atoms with E-state index in [1.54, 1.807) is 0 Å². The van der Waals surface area contributed by atoms with E-state index in [1.807, 2.05) is 24.3 Å². The molecule has 0 atom stereocenters. The van der Waals surface area contributed by atoms with Gasteiger partial charge in [0.15, 0.2) is 4.99 Å². The van der Waals surface area contributed by atoms with Crippen LogP contribution in [0, 0.1) is 0 Å². The van der Waals surface area contributed by atoms with Gasteiger partial charge in [-0.1, -0.05) is 38.2 Å². The van der Waals surface area contributed by atoms with Crippen LogP contribution in [0.25, 0.3) is 0 Å². The molecule has 0 heterocycles. The van der Waals surface area contributed by atoms with Gasteiger partial charge in [-0.05, 0) is 23.6 Å². The highest BCUT2D eigenvalue weighted by Gasteiger charge is 2.08. The minimum Gasteiger partial charge on any atom is -0.320 e. The number of hydrazine groups is 1. The highest BCUT2D eigenvalue weighted by molar-refractivity contribution is 7.82. The van der Waals surface area contributed by atoms with Crippen LogP contribution in [0.5, 0.6) is 0 Å². The van der Waals surface area contributed by atoms with Crippen LogP contribution in [-0.4, -0.2) is 10.9 Å². The molecule has 0 aromatic heterocycles. The predicted molar refractivity (Wildman–Crippen MR) is 69.1 cm³/mol. The fourth-order valence-electron chi connectivity index (χ4n) is 1.23. The van der Waals surface area contributed by atoms with E-state index >= 15 is 0 Å². The lowest BCUT2D eigenvalue weighted by Gasteiger charge is -2.09. The van der Waals surface area contributed by atoms with E-state index < -0.39 is 5.91 Å². The number of thiocarbonyl (C=S) groups is 1. The quantitative estimate of drug-likeness (QED) is 0.414. The largest absolute Gasteiger partial charge is 0.320 e. The Balaban J connectivity index is 2.78. The topological polar surface area (TPSA) is 67.2 Å². The molecule has 4 nitrogen and oxygen atoms in total. The van der Waals surface area contributed by atoms with Gasteiger partial charge in [0.05, 0.1) is 0 Å². The Hall–Kier alpha value is -1.46. The van der Waals surface area contributed by atoms with Gasteiger partial charge in [0.25, 0.3) is 5.91 Å². The lowest BCUT2D eigenvalue weighted by Crippen LogP contribution is -2.38.